The fraction of sp³-hybridized carbons (Fsp3) is 0.458. The molecule has 0 radical (unpaired) electrons. The molecule has 2 aliphatic rings. The van der Waals surface area contributed by atoms with Crippen LogP contribution in [0.3, 0.4) is 0 Å². The normalized spacial score (nSPS) is 16.8. The van der Waals surface area contributed by atoms with E-state index in [-0.39, 0.29) is 5.91 Å². The van der Waals surface area contributed by atoms with Gasteiger partial charge in [0.1, 0.15) is 13.2 Å². The summed E-state index contributed by atoms with van der Waals surface area (Å²) in [6.45, 7) is 5.06. The number of fused-ring (bicyclic) bond motifs is 1. The van der Waals surface area contributed by atoms with Crippen molar-refractivity contribution in [3.05, 3.63) is 59.2 Å². The van der Waals surface area contributed by atoms with Crippen LogP contribution >= 0.6 is 0 Å². The first-order chi connectivity index (χ1) is 14.3. The fourth-order valence-corrected chi connectivity index (χ4v) is 4.04. The maximum atomic E-state index is 12.4. The molecule has 0 spiro atoms. The predicted molar refractivity (Wildman–Crippen MR) is 113 cm³/mol. The lowest BCUT2D eigenvalue weighted by Crippen LogP contribution is -2.25. The zero-order valence-corrected chi connectivity index (χ0v) is 17.0. The topological polar surface area (TPSA) is 50.8 Å². The molecule has 0 atom stereocenters. The smallest absolute Gasteiger partial charge is 0.224 e. The molecule has 2 aromatic carbocycles. The van der Waals surface area contributed by atoms with Gasteiger partial charge in [-0.05, 0) is 54.8 Å². The number of benzene rings is 2. The third kappa shape index (κ3) is 5.73. The van der Waals surface area contributed by atoms with E-state index in [1.165, 1.54) is 44.3 Å². The molecule has 1 saturated heterocycles. The minimum atomic E-state index is 0.0135. The van der Waals surface area contributed by atoms with Crippen LogP contribution in [0.1, 0.15) is 42.4 Å². The van der Waals surface area contributed by atoms with E-state index in [2.05, 4.69) is 34.5 Å². The maximum Gasteiger partial charge on any atom is 0.224 e. The fourth-order valence-electron chi connectivity index (χ4n) is 4.04. The van der Waals surface area contributed by atoms with E-state index in [0.29, 0.717) is 26.2 Å². The Hall–Kier alpha value is -2.53. The van der Waals surface area contributed by atoms with Crippen molar-refractivity contribution in [3.63, 3.8) is 0 Å². The number of ether oxygens (including phenoxy) is 2. The number of nitrogens with one attached hydrogen (secondary N) is 1. The number of carbonyl (C=O) groups is 1. The summed E-state index contributed by atoms with van der Waals surface area (Å²) in [6.07, 6.45) is 5.65. The average Bonchev–Trinajstić information content (AvgIpc) is 3.01. The van der Waals surface area contributed by atoms with Gasteiger partial charge in [0.25, 0.3) is 0 Å². The Morgan fingerprint density at radius 2 is 1.62 bits per heavy atom. The number of hydrogen-bond acceptors (Lipinski definition) is 4. The van der Waals surface area contributed by atoms with Gasteiger partial charge >= 0.3 is 0 Å². The second-order valence-corrected chi connectivity index (χ2v) is 7.94. The van der Waals surface area contributed by atoms with Crippen molar-refractivity contribution in [3.8, 4) is 11.5 Å². The zero-order chi connectivity index (χ0) is 19.9. The molecule has 2 aromatic rings. The number of rotatable bonds is 6. The van der Waals surface area contributed by atoms with Gasteiger partial charge in [-0.1, -0.05) is 43.2 Å². The van der Waals surface area contributed by atoms with Gasteiger partial charge in [0.15, 0.2) is 11.5 Å². The van der Waals surface area contributed by atoms with Crippen molar-refractivity contribution < 1.29 is 14.3 Å². The summed E-state index contributed by atoms with van der Waals surface area (Å²) in [5.74, 6) is 1.49. The SMILES string of the molecule is O=C(Cc1ccc2c(c1)OCCO2)NCc1cccc(CN2CCCCCC2)c1. The number of amides is 1. The summed E-state index contributed by atoms with van der Waals surface area (Å²) in [6, 6.07) is 14.3. The highest BCUT2D eigenvalue weighted by Gasteiger charge is 2.13. The van der Waals surface area contributed by atoms with E-state index in [1.807, 2.05) is 18.2 Å². The van der Waals surface area contributed by atoms with Crippen LogP contribution in [0, 0.1) is 0 Å². The van der Waals surface area contributed by atoms with E-state index in [0.717, 1.165) is 29.2 Å². The maximum absolute atomic E-state index is 12.4. The Kier molecular flexibility index (Phi) is 6.67. The lowest BCUT2D eigenvalue weighted by atomic mass is 10.1. The summed E-state index contributed by atoms with van der Waals surface area (Å²) >= 11 is 0. The van der Waals surface area contributed by atoms with E-state index in [4.69, 9.17) is 9.47 Å². The van der Waals surface area contributed by atoms with Crippen molar-refractivity contribution in [1.29, 1.82) is 0 Å². The number of nitrogens with zero attached hydrogens (tertiary/aromatic N) is 1. The van der Waals surface area contributed by atoms with Crippen LogP contribution < -0.4 is 14.8 Å². The van der Waals surface area contributed by atoms with Crippen molar-refractivity contribution in [2.24, 2.45) is 0 Å². The van der Waals surface area contributed by atoms with Gasteiger partial charge in [0.05, 0.1) is 6.42 Å². The average molecular weight is 395 g/mol. The van der Waals surface area contributed by atoms with E-state index in [1.54, 1.807) is 0 Å². The molecule has 0 unspecified atom stereocenters. The molecule has 2 heterocycles. The molecular weight excluding hydrogens is 364 g/mol. The number of hydrogen-bond donors (Lipinski definition) is 1. The minimum absolute atomic E-state index is 0.0135. The molecule has 4 rings (SSSR count). The van der Waals surface area contributed by atoms with Crippen LogP contribution in [0.4, 0.5) is 0 Å². The Morgan fingerprint density at radius 3 is 2.45 bits per heavy atom. The summed E-state index contributed by atoms with van der Waals surface area (Å²) in [4.78, 5) is 15.0. The first-order valence-electron chi connectivity index (χ1n) is 10.7. The van der Waals surface area contributed by atoms with Crippen molar-refractivity contribution in [1.82, 2.24) is 10.2 Å². The molecule has 5 heteroatoms. The molecule has 2 aliphatic heterocycles. The third-order valence-electron chi connectivity index (χ3n) is 5.56. The van der Waals surface area contributed by atoms with Crippen molar-refractivity contribution in [2.75, 3.05) is 26.3 Å². The summed E-state index contributed by atoms with van der Waals surface area (Å²) in [5.41, 5.74) is 3.40. The standard InChI is InChI=1S/C24H30N2O3/c27-24(16-19-8-9-22-23(15-19)29-13-12-28-22)25-17-20-6-5-7-21(14-20)18-26-10-3-1-2-4-11-26/h5-9,14-15H,1-4,10-13,16-18H2,(H,25,27). The Labute approximate surface area is 173 Å². The lowest BCUT2D eigenvalue weighted by molar-refractivity contribution is -0.120. The van der Waals surface area contributed by atoms with Gasteiger partial charge in [-0.3, -0.25) is 9.69 Å². The quantitative estimate of drug-likeness (QED) is 0.812. The largest absolute Gasteiger partial charge is 0.486 e. The van der Waals surface area contributed by atoms with Crippen LogP contribution in [-0.4, -0.2) is 37.1 Å². The molecule has 0 bridgehead atoms. The molecule has 5 nitrogen and oxygen atoms in total. The van der Waals surface area contributed by atoms with Crippen LogP contribution in [-0.2, 0) is 24.3 Å². The highest BCUT2D eigenvalue weighted by Crippen LogP contribution is 2.30. The molecule has 0 saturated carbocycles. The number of likely N-dealkylation sites (tertiary alicyclic amines) is 1. The second kappa shape index (κ2) is 9.79. The molecule has 0 aliphatic carbocycles. The van der Waals surface area contributed by atoms with E-state index in [9.17, 15) is 4.79 Å². The zero-order valence-electron chi connectivity index (χ0n) is 17.0. The minimum Gasteiger partial charge on any atom is -0.486 e. The van der Waals surface area contributed by atoms with Crippen molar-refractivity contribution in [2.45, 2.75) is 45.2 Å². The van der Waals surface area contributed by atoms with Gasteiger partial charge in [-0.2, -0.15) is 0 Å². The third-order valence-corrected chi connectivity index (χ3v) is 5.56. The second-order valence-electron chi connectivity index (χ2n) is 7.94. The number of carbonyl (C=O) groups excluding carboxylic acids is 1. The van der Waals surface area contributed by atoms with Gasteiger partial charge < -0.3 is 14.8 Å². The van der Waals surface area contributed by atoms with Crippen molar-refractivity contribution >= 4 is 5.91 Å². The Morgan fingerprint density at radius 1 is 0.862 bits per heavy atom. The monoisotopic (exact) mass is 394 g/mol. The molecule has 0 aromatic heterocycles. The summed E-state index contributed by atoms with van der Waals surface area (Å²) in [7, 11) is 0. The van der Waals surface area contributed by atoms with Gasteiger partial charge in [0.2, 0.25) is 5.91 Å². The first kappa shape index (κ1) is 19.8. The highest BCUT2D eigenvalue weighted by molar-refractivity contribution is 5.78. The van der Waals surface area contributed by atoms with E-state index >= 15 is 0 Å². The molecule has 1 N–H and O–H groups in total. The Bertz CT molecular complexity index is 829. The Balaban J connectivity index is 1.29. The molecule has 1 fully saturated rings. The van der Waals surface area contributed by atoms with Crippen LogP contribution in [0.2, 0.25) is 0 Å². The first-order valence-corrected chi connectivity index (χ1v) is 10.7. The molecule has 29 heavy (non-hydrogen) atoms. The molecule has 1 amide bonds. The molecular formula is C24H30N2O3. The van der Waals surface area contributed by atoms with Crippen LogP contribution in [0.15, 0.2) is 42.5 Å². The summed E-state index contributed by atoms with van der Waals surface area (Å²) in [5, 5.41) is 3.04. The molecule has 154 valence electrons. The van der Waals surface area contributed by atoms with Crippen LogP contribution in [0.5, 0.6) is 11.5 Å². The van der Waals surface area contributed by atoms with Crippen LogP contribution in [0.25, 0.3) is 0 Å². The predicted octanol–water partition coefficient (Wildman–Crippen LogP) is 3.69. The highest BCUT2D eigenvalue weighted by atomic mass is 16.6. The van der Waals surface area contributed by atoms with Gasteiger partial charge in [0, 0.05) is 13.1 Å². The summed E-state index contributed by atoms with van der Waals surface area (Å²) < 4.78 is 11.1. The van der Waals surface area contributed by atoms with Gasteiger partial charge in [-0.15, -0.1) is 0 Å². The lowest BCUT2D eigenvalue weighted by Gasteiger charge is -2.20. The van der Waals surface area contributed by atoms with E-state index < -0.39 is 0 Å². The van der Waals surface area contributed by atoms with Gasteiger partial charge in [-0.25, -0.2) is 0 Å².